The molecule has 1 aliphatic rings. The molecule has 1 saturated heterocycles. The highest BCUT2D eigenvalue weighted by Gasteiger charge is 2.21. The van der Waals surface area contributed by atoms with Crippen LogP contribution >= 0.6 is 0 Å². The number of nitrogens with zero attached hydrogens (tertiary/aromatic N) is 2. The Bertz CT molecular complexity index is 274. The number of nitrogens with one attached hydrogen (secondary N) is 1. The van der Waals surface area contributed by atoms with Gasteiger partial charge >= 0.3 is 0 Å². The largest absolute Gasteiger partial charge is 0.385 e. The van der Waals surface area contributed by atoms with E-state index in [1.165, 1.54) is 0 Å². The summed E-state index contributed by atoms with van der Waals surface area (Å²) in [5.74, 6) is 0.218. The summed E-state index contributed by atoms with van der Waals surface area (Å²) >= 11 is 0. The van der Waals surface area contributed by atoms with Crippen LogP contribution in [0.2, 0.25) is 0 Å². The smallest absolute Gasteiger partial charge is 0.236 e. The van der Waals surface area contributed by atoms with Gasteiger partial charge in [0, 0.05) is 46.4 Å². The van der Waals surface area contributed by atoms with E-state index < -0.39 is 0 Å². The van der Waals surface area contributed by atoms with Crippen LogP contribution in [0.4, 0.5) is 0 Å². The molecule has 0 aromatic heterocycles. The molecule has 1 amide bonds. The Kier molecular flexibility index (Phi) is 6.75. The third-order valence-electron chi connectivity index (χ3n) is 3.72. The van der Waals surface area contributed by atoms with Crippen LogP contribution in [0, 0.1) is 5.41 Å². The average Bonchev–Trinajstić information content (AvgIpc) is 2.37. The third-order valence-corrected chi connectivity index (χ3v) is 3.72. The van der Waals surface area contributed by atoms with Crippen LogP contribution in [0.5, 0.6) is 0 Å². The summed E-state index contributed by atoms with van der Waals surface area (Å²) in [5, 5.41) is 3.28. The Hall–Kier alpha value is -0.650. The van der Waals surface area contributed by atoms with Crippen molar-refractivity contribution < 1.29 is 9.53 Å². The molecule has 0 radical (unpaired) electrons. The average molecular weight is 271 g/mol. The number of carbonyl (C=O) groups excluding carboxylic acids is 1. The second-order valence-electron chi connectivity index (χ2n) is 6.19. The maximum atomic E-state index is 12.0. The molecule has 1 heterocycles. The van der Waals surface area contributed by atoms with Crippen LogP contribution < -0.4 is 5.32 Å². The molecular formula is C14H29N3O2. The lowest BCUT2D eigenvalue weighted by molar-refractivity contribution is -0.131. The first-order valence-electron chi connectivity index (χ1n) is 7.10. The predicted molar refractivity (Wildman–Crippen MR) is 77.2 cm³/mol. The zero-order valence-electron chi connectivity index (χ0n) is 12.9. The third kappa shape index (κ3) is 6.36. The minimum Gasteiger partial charge on any atom is -0.385 e. The zero-order valence-corrected chi connectivity index (χ0v) is 12.9. The highest BCUT2D eigenvalue weighted by Crippen LogP contribution is 2.18. The molecular weight excluding hydrogens is 242 g/mol. The van der Waals surface area contributed by atoms with Gasteiger partial charge in [-0.25, -0.2) is 0 Å². The molecule has 19 heavy (non-hydrogen) atoms. The number of hydrogen-bond acceptors (Lipinski definition) is 4. The first kappa shape index (κ1) is 16.4. The summed E-state index contributed by atoms with van der Waals surface area (Å²) in [6.07, 6.45) is 0.999. The molecule has 0 aromatic carbocycles. The van der Waals surface area contributed by atoms with Crippen LogP contribution in [0.15, 0.2) is 0 Å². The van der Waals surface area contributed by atoms with Gasteiger partial charge < -0.3 is 19.9 Å². The number of likely N-dealkylation sites (N-methyl/N-ethyl adjacent to an activating group) is 1. The first-order valence-corrected chi connectivity index (χ1v) is 7.10. The normalized spacial score (nSPS) is 17.8. The molecule has 5 heteroatoms. The Balaban J connectivity index is 2.19. The van der Waals surface area contributed by atoms with Crippen molar-refractivity contribution in [3.05, 3.63) is 0 Å². The minimum atomic E-state index is 0.165. The van der Waals surface area contributed by atoms with Crippen LogP contribution in [-0.4, -0.2) is 75.7 Å². The predicted octanol–water partition coefficient (Wildman–Crippen LogP) is 0.413. The summed E-state index contributed by atoms with van der Waals surface area (Å²) in [6.45, 7) is 10.1. The summed E-state index contributed by atoms with van der Waals surface area (Å²) in [5.41, 5.74) is 0.165. The molecule has 112 valence electrons. The standard InChI is InChI=1S/C14H29N3O2/c1-14(2,5-10-19-4)12-15-11-13(18)17-8-6-16(3)7-9-17/h15H,5-12H2,1-4H3. The van der Waals surface area contributed by atoms with Crippen LogP contribution in [0.3, 0.4) is 0 Å². The summed E-state index contributed by atoms with van der Waals surface area (Å²) in [4.78, 5) is 16.2. The number of ether oxygens (including phenoxy) is 1. The molecule has 1 aliphatic heterocycles. The number of amides is 1. The molecule has 0 unspecified atom stereocenters. The molecule has 1 N–H and O–H groups in total. The van der Waals surface area contributed by atoms with Gasteiger partial charge in [-0.3, -0.25) is 4.79 Å². The monoisotopic (exact) mass is 271 g/mol. The van der Waals surface area contributed by atoms with E-state index in [2.05, 4.69) is 31.1 Å². The van der Waals surface area contributed by atoms with Gasteiger partial charge in [0.2, 0.25) is 5.91 Å². The molecule has 0 aliphatic carbocycles. The number of carbonyl (C=O) groups is 1. The second kappa shape index (κ2) is 7.82. The van der Waals surface area contributed by atoms with Gasteiger partial charge in [0.25, 0.3) is 0 Å². The van der Waals surface area contributed by atoms with E-state index in [9.17, 15) is 4.79 Å². The molecule has 0 saturated carbocycles. The molecule has 1 fully saturated rings. The van der Waals surface area contributed by atoms with Crippen molar-refractivity contribution in [2.75, 3.05) is 60.0 Å². The maximum absolute atomic E-state index is 12.0. The van der Waals surface area contributed by atoms with E-state index in [0.29, 0.717) is 6.54 Å². The Morgan fingerprint density at radius 1 is 1.26 bits per heavy atom. The van der Waals surface area contributed by atoms with Gasteiger partial charge in [-0.1, -0.05) is 13.8 Å². The highest BCUT2D eigenvalue weighted by molar-refractivity contribution is 5.78. The molecule has 1 rings (SSSR count). The molecule has 0 bridgehead atoms. The number of methoxy groups -OCH3 is 1. The van der Waals surface area contributed by atoms with Gasteiger partial charge in [0.05, 0.1) is 6.54 Å². The van der Waals surface area contributed by atoms with Crippen LogP contribution in [-0.2, 0) is 9.53 Å². The molecule has 5 nitrogen and oxygen atoms in total. The first-order chi connectivity index (χ1) is 8.94. The van der Waals surface area contributed by atoms with Crippen molar-refractivity contribution in [2.24, 2.45) is 5.41 Å². The van der Waals surface area contributed by atoms with E-state index in [-0.39, 0.29) is 11.3 Å². The second-order valence-corrected chi connectivity index (χ2v) is 6.19. The molecule has 0 spiro atoms. The fourth-order valence-electron chi connectivity index (χ4n) is 2.14. The lowest BCUT2D eigenvalue weighted by atomic mass is 9.90. The van der Waals surface area contributed by atoms with Crippen molar-refractivity contribution >= 4 is 5.91 Å². The lowest BCUT2D eigenvalue weighted by Gasteiger charge is -2.33. The number of rotatable bonds is 7. The summed E-state index contributed by atoms with van der Waals surface area (Å²) in [6, 6.07) is 0. The highest BCUT2D eigenvalue weighted by atomic mass is 16.5. The van der Waals surface area contributed by atoms with Crippen molar-refractivity contribution in [1.29, 1.82) is 0 Å². The van der Waals surface area contributed by atoms with Crippen LogP contribution in [0.25, 0.3) is 0 Å². The SMILES string of the molecule is COCCC(C)(C)CNCC(=O)N1CCN(C)CC1. The van der Waals surface area contributed by atoms with E-state index in [0.717, 1.165) is 45.8 Å². The van der Waals surface area contributed by atoms with Gasteiger partial charge in [0.15, 0.2) is 0 Å². The fourth-order valence-corrected chi connectivity index (χ4v) is 2.14. The van der Waals surface area contributed by atoms with E-state index in [4.69, 9.17) is 4.74 Å². The quantitative estimate of drug-likeness (QED) is 0.728. The molecule has 0 aromatic rings. The Morgan fingerprint density at radius 2 is 1.89 bits per heavy atom. The minimum absolute atomic E-state index is 0.165. The zero-order chi connectivity index (χ0) is 14.3. The molecule has 0 atom stereocenters. The summed E-state index contributed by atoms with van der Waals surface area (Å²) in [7, 11) is 3.82. The van der Waals surface area contributed by atoms with E-state index in [1.54, 1.807) is 7.11 Å². The van der Waals surface area contributed by atoms with Crippen molar-refractivity contribution in [1.82, 2.24) is 15.1 Å². The summed E-state index contributed by atoms with van der Waals surface area (Å²) < 4.78 is 5.10. The number of hydrogen-bond donors (Lipinski definition) is 1. The van der Waals surface area contributed by atoms with E-state index >= 15 is 0 Å². The van der Waals surface area contributed by atoms with Gasteiger partial charge in [-0.15, -0.1) is 0 Å². The van der Waals surface area contributed by atoms with Crippen molar-refractivity contribution in [3.8, 4) is 0 Å². The van der Waals surface area contributed by atoms with Gasteiger partial charge in [0.1, 0.15) is 0 Å². The maximum Gasteiger partial charge on any atom is 0.236 e. The van der Waals surface area contributed by atoms with Crippen molar-refractivity contribution in [3.63, 3.8) is 0 Å². The van der Waals surface area contributed by atoms with Gasteiger partial charge in [-0.05, 0) is 18.9 Å². The van der Waals surface area contributed by atoms with E-state index in [1.807, 2.05) is 4.90 Å². The topological polar surface area (TPSA) is 44.8 Å². The lowest BCUT2D eigenvalue weighted by Crippen LogP contribution is -2.50. The Labute approximate surface area is 117 Å². The van der Waals surface area contributed by atoms with Crippen LogP contribution in [0.1, 0.15) is 20.3 Å². The fraction of sp³-hybridized carbons (Fsp3) is 0.929. The Morgan fingerprint density at radius 3 is 2.47 bits per heavy atom. The number of piperazine rings is 1. The van der Waals surface area contributed by atoms with Crippen molar-refractivity contribution in [2.45, 2.75) is 20.3 Å². The van der Waals surface area contributed by atoms with Gasteiger partial charge in [-0.2, -0.15) is 0 Å².